The molecule has 0 saturated carbocycles. The molecule has 0 radical (unpaired) electrons. The molecule has 4 aromatic rings. The van der Waals surface area contributed by atoms with Gasteiger partial charge in [0.05, 0.1) is 0 Å². The molecule has 0 unspecified atom stereocenters. The van der Waals surface area contributed by atoms with Crippen LogP contribution in [0, 0.1) is 0 Å². The SMILES string of the molecule is CCN(CC)c1cc[c]([Pb]([c]2ccccc2)([c]2ccccc2)[c]2ccccc2)cc1. The Morgan fingerprint density at radius 3 is 1.13 bits per heavy atom. The summed E-state index contributed by atoms with van der Waals surface area (Å²) in [6, 6.07) is 43.1. The van der Waals surface area contributed by atoms with Gasteiger partial charge in [0.1, 0.15) is 0 Å². The van der Waals surface area contributed by atoms with E-state index in [1.165, 1.54) is 18.2 Å². The monoisotopic (exact) mass is 587 g/mol. The van der Waals surface area contributed by atoms with Crippen LogP contribution in [0.25, 0.3) is 0 Å². The van der Waals surface area contributed by atoms with Crippen LogP contribution in [-0.2, 0) is 0 Å². The summed E-state index contributed by atoms with van der Waals surface area (Å²) in [5.74, 6) is 0. The second-order valence-electron chi connectivity index (χ2n) is 7.57. The van der Waals surface area contributed by atoms with Gasteiger partial charge in [0.15, 0.2) is 0 Å². The Morgan fingerprint density at radius 1 is 0.467 bits per heavy atom. The van der Waals surface area contributed by atoms with E-state index >= 15 is 0 Å². The van der Waals surface area contributed by atoms with Crippen molar-refractivity contribution in [3.8, 4) is 0 Å². The minimum atomic E-state index is -3.61. The van der Waals surface area contributed by atoms with Crippen LogP contribution < -0.4 is 17.4 Å². The van der Waals surface area contributed by atoms with E-state index in [-0.39, 0.29) is 0 Å². The fraction of sp³-hybridized carbons (Fsp3) is 0.143. The molecule has 4 rings (SSSR count). The summed E-state index contributed by atoms with van der Waals surface area (Å²) in [7, 11) is 0. The number of rotatable bonds is 7. The van der Waals surface area contributed by atoms with E-state index in [1.54, 1.807) is 0 Å². The number of nitrogens with zero attached hydrogens (tertiary/aromatic N) is 1. The average Bonchev–Trinajstić information content (AvgIpc) is 2.83. The van der Waals surface area contributed by atoms with Gasteiger partial charge in [0, 0.05) is 0 Å². The fourth-order valence-electron chi connectivity index (χ4n) is 4.58. The van der Waals surface area contributed by atoms with E-state index in [0.717, 1.165) is 13.1 Å². The summed E-state index contributed by atoms with van der Waals surface area (Å²) in [5, 5.41) is 0. The molecule has 4 aromatic carbocycles. The molecule has 0 aromatic heterocycles. The average molecular weight is 587 g/mol. The molecule has 0 aliphatic heterocycles. The van der Waals surface area contributed by atoms with Crippen molar-refractivity contribution in [2.75, 3.05) is 18.0 Å². The van der Waals surface area contributed by atoms with Crippen LogP contribution in [0.2, 0.25) is 0 Å². The predicted molar refractivity (Wildman–Crippen MR) is 134 cm³/mol. The van der Waals surface area contributed by atoms with E-state index in [4.69, 9.17) is 0 Å². The first kappa shape index (κ1) is 20.9. The molecule has 150 valence electrons. The van der Waals surface area contributed by atoms with Crippen LogP contribution in [0.5, 0.6) is 0 Å². The van der Waals surface area contributed by atoms with Gasteiger partial charge >= 0.3 is 186 Å². The van der Waals surface area contributed by atoms with Crippen molar-refractivity contribution >= 4 is 39.4 Å². The molecule has 0 atom stereocenters. The van der Waals surface area contributed by atoms with Gasteiger partial charge in [-0.25, -0.2) is 0 Å². The standard InChI is InChI=1S/C10H14N.3C6H5.Pb/c1-3-11(4-2)10-8-6-5-7-9-10;3*1-2-4-6-5-3-1;/h6-9H,3-4H2,1-2H3;3*1-5H;. The molecular formula is C28H29NPb. The van der Waals surface area contributed by atoms with Crippen LogP contribution in [0.3, 0.4) is 0 Å². The zero-order valence-corrected chi connectivity index (χ0v) is 21.7. The van der Waals surface area contributed by atoms with Crippen molar-refractivity contribution in [3.05, 3.63) is 115 Å². The maximum absolute atomic E-state index is 3.61. The third kappa shape index (κ3) is 3.83. The molecule has 0 saturated heterocycles. The second-order valence-corrected chi connectivity index (χ2v) is 22.4. The van der Waals surface area contributed by atoms with Crippen LogP contribution in [-0.4, -0.2) is 34.3 Å². The summed E-state index contributed by atoms with van der Waals surface area (Å²) in [4.78, 5) is 2.41. The van der Waals surface area contributed by atoms with E-state index in [1.807, 2.05) is 0 Å². The van der Waals surface area contributed by atoms with E-state index in [9.17, 15) is 0 Å². The van der Waals surface area contributed by atoms with Gasteiger partial charge < -0.3 is 0 Å². The first-order valence-corrected chi connectivity index (χ1v) is 18.6. The molecule has 0 amide bonds. The molecule has 0 fully saturated rings. The first-order valence-electron chi connectivity index (χ1n) is 10.8. The van der Waals surface area contributed by atoms with Gasteiger partial charge in [0.2, 0.25) is 0 Å². The topological polar surface area (TPSA) is 3.24 Å². The zero-order valence-electron chi connectivity index (χ0n) is 17.8. The van der Waals surface area contributed by atoms with Gasteiger partial charge in [-0.3, -0.25) is 0 Å². The zero-order chi connectivity index (χ0) is 20.8. The Labute approximate surface area is 185 Å². The summed E-state index contributed by atoms with van der Waals surface area (Å²) < 4.78 is 6.00. The number of hydrogen-bond acceptors (Lipinski definition) is 1. The molecule has 0 heterocycles. The van der Waals surface area contributed by atoms with Crippen LogP contribution >= 0.6 is 0 Å². The third-order valence-electron chi connectivity index (χ3n) is 6.05. The molecule has 1 nitrogen and oxygen atoms in total. The van der Waals surface area contributed by atoms with E-state index in [0.29, 0.717) is 0 Å². The summed E-state index contributed by atoms with van der Waals surface area (Å²) in [5.41, 5.74) is 1.31. The molecule has 0 aliphatic rings. The molecule has 2 heteroatoms. The predicted octanol–water partition coefficient (Wildman–Crippen LogP) is 3.91. The van der Waals surface area contributed by atoms with Crippen molar-refractivity contribution in [3.63, 3.8) is 0 Å². The maximum atomic E-state index is 2.41. The first-order chi connectivity index (χ1) is 14.8. The molecule has 0 bridgehead atoms. The number of benzene rings is 4. The summed E-state index contributed by atoms with van der Waals surface area (Å²) in [6.07, 6.45) is 0. The van der Waals surface area contributed by atoms with Crippen LogP contribution in [0.1, 0.15) is 13.8 Å². The van der Waals surface area contributed by atoms with Gasteiger partial charge in [0.25, 0.3) is 0 Å². The second kappa shape index (κ2) is 9.61. The Hall–Kier alpha value is -2.40. The molecule has 30 heavy (non-hydrogen) atoms. The Kier molecular flexibility index (Phi) is 6.68. The Bertz CT molecular complexity index is 943. The third-order valence-corrected chi connectivity index (χ3v) is 24.7. The Morgan fingerprint density at radius 2 is 0.800 bits per heavy atom. The molecule has 0 N–H and O–H groups in total. The number of hydrogen-bond donors (Lipinski definition) is 0. The van der Waals surface area contributed by atoms with Crippen molar-refractivity contribution < 1.29 is 0 Å². The van der Waals surface area contributed by atoms with Gasteiger partial charge in [-0.15, -0.1) is 0 Å². The molecular weight excluding hydrogens is 558 g/mol. The van der Waals surface area contributed by atoms with Gasteiger partial charge in [-0.2, -0.15) is 0 Å². The van der Waals surface area contributed by atoms with Crippen LogP contribution in [0.15, 0.2) is 115 Å². The fourth-order valence-corrected chi connectivity index (χ4v) is 23.0. The van der Waals surface area contributed by atoms with Gasteiger partial charge in [-0.1, -0.05) is 0 Å². The Balaban J connectivity index is 2.01. The van der Waals surface area contributed by atoms with Crippen molar-refractivity contribution in [1.82, 2.24) is 0 Å². The summed E-state index contributed by atoms with van der Waals surface area (Å²) in [6.45, 7) is 6.50. The molecule has 0 aliphatic carbocycles. The van der Waals surface area contributed by atoms with Crippen molar-refractivity contribution in [2.24, 2.45) is 0 Å². The number of anilines is 1. The van der Waals surface area contributed by atoms with E-state index in [2.05, 4.69) is 134 Å². The van der Waals surface area contributed by atoms with Gasteiger partial charge in [-0.05, 0) is 0 Å². The summed E-state index contributed by atoms with van der Waals surface area (Å²) >= 11 is -3.61. The van der Waals surface area contributed by atoms with E-state index < -0.39 is 21.2 Å². The van der Waals surface area contributed by atoms with Crippen molar-refractivity contribution in [2.45, 2.75) is 13.8 Å². The minimum absolute atomic E-state index is 1.03. The normalized spacial score (nSPS) is 11.3. The van der Waals surface area contributed by atoms with Crippen molar-refractivity contribution in [1.29, 1.82) is 0 Å². The molecule has 0 spiro atoms. The van der Waals surface area contributed by atoms with Crippen LogP contribution in [0.4, 0.5) is 5.69 Å². The quantitative estimate of drug-likeness (QED) is 0.297.